The SMILES string of the molecule is CCNCc1cn(CCN(Cc2ccsc2)C2CC2)nn1. The van der Waals surface area contributed by atoms with E-state index in [2.05, 4.69) is 50.5 Å². The molecule has 1 saturated carbocycles. The fraction of sp³-hybridized carbons (Fsp3) is 0.600. The van der Waals surface area contributed by atoms with Crippen LogP contribution in [0, 0.1) is 0 Å². The molecule has 0 aromatic carbocycles. The highest BCUT2D eigenvalue weighted by molar-refractivity contribution is 7.07. The van der Waals surface area contributed by atoms with Gasteiger partial charge in [-0.2, -0.15) is 11.3 Å². The molecule has 5 nitrogen and oxygen atoms in total. The third-order valence-electron chi connectivity index (χ3n) is 3.79. The Morgan fingerprint density at radius 2 is 2.38 bits per heavy atom. The second-order valence-corrected chi connectivity index (χ2v) is 6.37. The molecule has 1 fully saturated rings. The Morgan fingerprint density at radius 3 is 3.10 bits per heavy atom. The van der Waals surface area contributed by atoms with Gasteiger partial charge in [-0.3, -0.25) is 9.58 Å². The normalized spacial score (nSPS) is 15.0. The Hall–Kier alpha value is -1.24. The number of thiophene rings is 1. The van der Waals surface area contributed by atoms with Crippen LogP contribution in [-0.4, -0.2) is 39.0 Å². The van der Waals surface area contributed by atoms with Gasteiger partial charge < -0.3 is 5.32 Å². The quantitative estimate of drug-likeness (QED) is 0.771. The maximum absolute atomic E-state index is 4.22. The van der Waals surface area contributed by atoms with Gasteiger partial charge in [0.05, 0.1) is 12.2 Å². The average Bonchev–Trinajstić information content (AvgIpc) is 3.03. The summed E-state index contributed by atoms with van der Waals surface area (Å²) >= 11 is 1.78. The Balaban J connectivity index is 1.50. The van der Waals surface area contributed by atoms with Crippen molar-refractivity contribution in [3.8, 4) is 0 Å². The van der Waals surface area contributed by atoms with E-state index in [1.165, 1.54) is 18.4 Å². The van der Waals surface area contributed by atoms with E-state index in [0.29, 0.717) is 0 Å². The summed E-state index contributed by atoms with van der Waals surface area (Å²) in [6, 6.07) is 3.00. The topological polar surface area (TPSA) is 46.0 Å². The van der Waals surface area contributed by atoms with Gasteiger partial charge in [0.25, 0.3) is 0 Å². The predicted octanol–water partition coefficient (Wildman–Crippen LogP) is 2.11. The number of hydrogen-bond acceptors (Lipinski definition) is 5. The van der Waals surface area contributed by atoms with E-state index < -0.39 is 0 Å². The number of nitrogens with one attached hydrogen (secondary N) is 1. The van der Waals surface area contributed by atoms with E-state index in [9.17, 15) is 0 Å². The van der Waals surface area contributed by atoms with Crippen LogP contribution in [0.2, 0.25) is 0 Å². The molecule has 0 aliphatic heterocycles. The Labute approximate surface area is 130 Å². The van der Waals surface area contributed by atoms with Gasteiger partial charge in [-0.1, -0.05) is 12.1 Å². The van der Waals surface area contributed by atoms with Gasteiger partial charge in [0.15, 0.2) is 0 Å². The van der Waals surface area contributed by atoms with Crippen LogP contribution in [0.1, 0.15) is 31.0 Å². The maximum Gasteiger partial charge on any atom is 0.0964 e. The van der Waals surface area contributed by atoms with Crippen LogP contribution in [0.5, 0.6) is 0 Å². The van der Waals surface area contributed by atoms with Crippen molar-refractivity contribution in [3.05, 3.63) is 34.3 Å². The monoisotopic (exact) mass is 305 g/mol. The van der Waals surface area contributed by atoms with E-state index in [1.54, 1.807) is 11.3 Å². The lowest BCUT2D eigenvalue weighted by Gasteiger charge is -2.21. The summed E-state index contributed by atoms with van der Waals surface area (Å²) in [5, 5.41) is 16.1. The van der Waals surface area contributed by atoms with Gasteiger partial charge in [-0.15, -0.1) is 5.10 Å². The molecule has 114 valence electrons. The number of hydrogen-bond donors (Lipinski definition) is 1. The summed E-state index contributed by atoms with van der Waals surface area (Å²) in [6.07, 6.45) is 4.73. The molecule has 0 radical (unpaired) electrons. The molecular formula is C15H23N5S. The van der Waals surface area contributed by atoms with Crippen LogP contribution in [-0.2, 0) is 19.6 Å². The molecular weight excluding hydrogens is 282 g/mol. The average molecular weight is 305 g/mol. The van der Waals surface area contributed by atoms with Gasteiger partial charge in [0.1, 0.15) is 0 Å². The lowest BCUT2D eigenvalue weighted by atomic mass is 10.3. The highest BCUT2D eigenvalue weighted by Gasteiger charge is 2.28. The van der Waals surface area contributed by atoms with Gasteiger partial charge in [-0.05, 0) is 41.8 Å². The van der Waals surface area contributed by atoms with Crippen molar-refractivity contribution in [3.63, 3.8) is 0 Å². The molecule has 1 N–H and O–H groups in total. The van der Waals surface area contributed by atoms with Gasteiger partial charge >= 0.3 is 0 Å². The molecule has 0 unspecified atom stereocenters. The largest absolute Gasteiger partial charge is 0.311 e. The zero-order valence-electron chi connectivity index (χ0n) is 12.5. The highest BCUT2D eigenvalue weighted by Crippen LogP contribution is 2.28. The van der Waals surface area contributed by atoms with Crippen molar-refractivity contribution < 1.29 is 0 Å². The molecule has 1 aliphatic carbocycles. The smallest absolute Gasteiger partial charge is 0.0964 e. The summed E-state index contributed by atoms with van der Waals surface area (Å²) in [6.45, 7) is 6.89. The first-order valence-corrected chi connectivity index (χ1v) is 8.64. The van der Waals surface area contributed by atoms with Crippen molar-refractivity contribution in [2.45, 2.75) is 45.4 Å². The number of rotatable bonds is 9. The first-order valence-electron chi connectivity index (χ1n) is 7.70. The van der Waals surface area contributed by atoms with Gasteiger partial charge in [-0.25, -0.2) is 0 Å². The lowest BCUT2D eigenvalue weighted by molar-refractivity contribution is 0.240. The van der Waals surface area contributed by atoms with Crippen molar-refractivity contribution >= 4 is 11.3 Å². The molecule has 0 amide bonds. The van der Waals surface area contributed by atoms with Crippen LogP contribution in [0.15, 0.2) is 23.0 Å². The number of aromatic nitrogens is 3. The van der Waals surface area contributed by atoms with E-state index in [4.69, 9.17) is 0 Å². The summed E-state index contributed by atoms with van der Waals surface area (Å²) in [7, 11) is 0. The van der Waals surface area contributed by atoms with Crippen molar-refractivity contribution in [2.24, 2.45) is 0 Å². The molecule has 1 aliphatic rings. The summed E-state index contributed by atoms with van der Waals surface area (Å²) in [5.74, 6) is 0. The second-order valence-electron chi connectivity index (χ2n) is 5.59. The fourth-order valence-electron chi connectivity index (χ4n) is 2.46. The minimum Gasteiger partial charge on any atom is -0.311 e. The van der Waals surface area contributed by atoms with E-state index in [1.807, 2.05) is 4.68 Å². The Kier molecular flexibility index (Phi) is 5.00. The first kappa shape index (κ1) is 14.7. The fourth-order valence-corrected chi connectivity index (χ4v) is 3.12. The minimum absolute atomic E-state index is 0.773. The molecule has 6 heteroatoms. The van der Waals surface area contributed by atoms with Crippen LogP contribution in [0.3, 0.4) is 0 Å². The zero-order chi connectivity index (χ0) is 14.5. The molecule has 2 heterocycles. The molecule has 21 heavy (non-hydrogen) atoms. The van der Waals surface area contributed by atoms with Crippen LogP contribution in [0.25, 0.3) is 0 Å². The molecule has 0 spiro atoms. The predicted molar refractivity (Wildman–Crippen MR) is 85.2 cm³/mol. The summed E-state index contributed by atoms with van der Waals surface area (Å²) < 4.78 is 1.97. The molecule has 2 aromatic rings. The molecule has 0 saturated heterocycles. The van der Waals surface area contributed by atoms with Gasteiger partial charge in [0, 0.05) is 31.9 Å². The molecule has 3 rings (SSSR count). The standard InChI is InChI=1S/C15H23N5S/c1-2-16-9-14-11-20(18-17-14)7-6-19(15-3-4-15)10-13-5-8-21-12-13/h5,8,11-12,15-16H,2-4,6-7,9-10H2,1H3. The number of nitrogens with zero attached hydrogens (tertiary/aromatic N) is 4. The summed E-state index contributed by atoms with van der Waals surface area (Å²) in [4.78, 5) is 2.58. The Morgan fingerprint density at radius 1 is 1.48 bits per heavy atom. The first-order chi connectivity index (χ1) is 10.3. The third kappa shape index (κ3) is 4.36. The second kappa shape index (κ2) is 7.15. The maximum atomic E-state index is 4.22. The molecule has 2 aromatic heterocycles. The van der Waals surface area contributed by atoms with E-state index in [0.717, 1.165) is 44.5 Å². The Bertz CT molecular complexity index is 532. The highest BCUT2D eigenvalue weighted by atomic mass is 32.1. The van der Waals surface area contributed by atoms with Crippen molar-refractivity contribution in [1.29, 1.82) is 0 Å². The minimum atomic E-state index is 0.773. The lowest BCUT2D eigenvalue weighted by Crippen LogP contribution is -2.29. The van der Waals surface area contributed by atoms with Crippen LogP contribution < -0.4 is 5.32 Å². The van der Waals surface area contributed by atoms with Crippen molar-refractivity contribution in [2.75, 3.05) is 13.1 Å². The molecule has 0 atom stereocenters. The van der Waals surface area contributed by atoms with Crippen molar-refractivity contribution in [1.82, 2.24) is 25.2 Å². The van der Waals surface area contributed by atoms with Crippen LogP contribution in [0.4, 0.5) is 0 Å². The summed E-state index contributed by atoms with van der Waals surface area (Å²) in [5.41, 5.74) is 2.45. The third-order valence-corrected chi connectivity index (χ3v) is 4.52. The van der Waals surface area contributed by atoms with Gasteiger partial charge in [0.2, 0.25) is 0 Å². The van der Waals surface area contributed by atoms with Crippen LogP contribution >= 0.6 is 11.3 Å². The molecule has 0 bridgehead atoms. The van der Waals surface area contributed by atoms with E-state index >= 15 is 0 Å². The van der Waals surface area contributed by atoms with E-state index in [-0.39, 0.29) is 0 Å². The zero-order valence-corrected chi connectivity index (χ0v) is 13.4.